The third kappa shape index (κ3) is 3.84. The van der Waals surface area contributed by atoms with Gasteiger partial charge in [0.05, 0.1) is 5.92 Å². The number of rotatable bonds is 6. The molecular weight excluding hydrogens is 350 g/mol. The van der Waals surface area contributed by atoms with E-state index in [2.05, 4.69) is 22.8 Å². The zero-order valence-corrected chi connectivity index (χ0v) is 16.3. The SMILES string of the molecule is O=C(NCC1(c2cccs2)CCCC1)C(c1ccccc1)c1ccccc1. The Balaban J connectivity index is 1.57. The topological polar surface area (TPSA) is 29.1 Å². The second-order valence-electron chi connectivity index (χ2n) is 7.44. The fourth-order valence-corrected chi connectivity index (χ4v) is 5.27. The Morgan fingerprint density at radius 2 is 1.48 bits per heavy atom. The van der Waals surface area contributed by atoms with E-state index >= 15 is 0 Å². The quantitative estimate of drug-likeness (QED) is 0.605. The molecule has 138 valence electrons. The van der Waals surface area contributed by atoms with Gasteiger partial charge in [-0.2, -0.15) is 0 Å². The largest absolute Gasteiger partial charge is 0.354 e. The van der Waals surface area contributed by atoms with E-state index in [-0.39, 0.29) is 17.2 Å². The molecule has 1 aromatic heterocycles. The van der Waals surface area contributed by atoms with Crippen LogP contribution in [0.2, 0.25) is 0 Å². The maximum absolute atomic E-state index is 13.3. The van der Waals surface area contributed by atoms with Crippen molar-refractivity contribution in [3.63, 3.8) is 0 Å². The summed E-state index contributed by atoms with van der Waals surface area (Å²) in [5.41, 5.74) is 2.19. The number of carbonyl (C=O) groups is 1. The molecule has 27 heavy (non-hydrogen) atoms. The van der Waals surface area contributed by atoms with Crippen LogP contribution in [0.5, 0.6) is 0 Å². The van der Waals surface area contributed by atoms with Crippen LogP contribution in [0.1, 0.15) is 47.6 Å². The van der Waals surface area contributed by atoms with Gasteiger partial charge in [0, 0.05) is 16.8 Å². The van der Waals surface area contributed by atoms with Gasteiger partial charge in [-0.05, 0) is 35.4 Å². The van der Waals surface area contributed by atoms with Crippen molar-refractivity contribution in [1.29, 1.82) is 0 Å². The molecule has 1 N–H and O–H groups in total. The normalized spacial score (nSPS) is 15.7. The number of amides is 1. The summed E-state index contributed by atoms with van der Waals surface area (Å²) in [6.07, 6.45) is 4.81. The second-order valence-corrected chi connectivity index (χ2v) is 8.38. The minimum atomic E-state index is -0.269. The minimum Gasteiger partial charge on any atom is -0.354 e. The molecule has 1 aliphatic carbocycles. The van der Waals surface area contributed by atoms with Crippen molar-refractivity contribution >= 4 is 17.2 Å². The van der Waals surface area contributed by atoms with Crippen LogP contribution in [0.3, 0.4) is 0 Å². The predicted molar refractivity (Wildman–Crippen MR) is 112 cm³/mol. The molecule has 0 unspecified atom stereocenters. The van der Waals surface area contributed by atoms with E-state index in [4.69, 9.17) is 0 Å². The molecule has 1 amide bonds. The van der Waals surface area contributed by atoms with Crippen LogP contribution < -0.4 is 5.32 Å². The molecule has 3 heteroatoms. The number of nitrogens with one attached hydrogen (secondary N) is 1. The molecule has 2 nitrogen and oxygen atoms in total. The lowest BCUT2D eigenvalue weighted by Gasteiger charge is -2.29. The fraction of sp³-hybridized carbons (Fsp3) is 0.292. The monoisotopic (exact) mass is 375 g/mol. The molecule has 0 bridgehead atoms. The third-order valence-electron chi connectivity index (χ3n) is 5.73. The van der Waals surface area contributed by atoms with Crippen molar-refractivity contribution in [2.75, 3.05) is 6.54 Å². The molecule has 1 aliphatic rings. The maximum Gasteiger partial charge on any atom is 0.232 e. The molecular formula is C24H25NOS. The lowest BCUT2D eigenvalue weighted by atomic mass is 9.83. The molecule has 2 aromatic carbocycles. The summed E-state index contributed by atoms with van der Waals surface area (Å²) in [5, 5.41) is 5.47. The molecule has 0 aliphatic heterocycles. The number of thiophene rings is 1. The average molecular weight is 376 g/mol. The van der Waals surface area contributed by atoms with E-state index in [0.29, 0.717) is 0 Å². The molecule has 0 atom stereocenters. The van der Waals surface area contributed by atoms with Crippen molar-refractivity contribution < 1.29 is 4.79 Å². The highest BCUT2D eigenvalue weighted by molar-refractivity contribution is 7.10. The first kappa shape index (κ1) is 18.0. The highest BCUT2D eigenvalue weighted by Gasteiger charge is 2.37. The van der Waals surface area contributed by atoms with Crippen LogP contribution in [0.25, 0.3) is 0 Å². The van der Waals surface area contributed by atoms with Gasteiger partial charge in [0.2, 0.25) is 5.91 Å². The smallest absolute Gasteiger partial charge is 0.232 e. The minimum absolute atomic E-state index is 0.0928. The first-order valence-electron chi connectivity index (χ1n) is 9.70. The Kier molecular flexibility index (Phi) is 5.40. The van der Waals surface area contributed by atoms with Gasteiger partial charge in [0.15, 0.2) is 0 Å². The highest BCUT2D eigenvalue weighted by Crippen LogP contribution is 2.42. The van der Waals surface area contributed by atoms with Gasteiger partial charge >= 0.3 is 0 Å². The number of benzene rings is 2. The van der Waals surface area contributed by atoms with E-state index in [1.54, 1.807) is 0 Å². The summed E-state index contributed by atoms with van der Waals surface area (Å²) in [6.45, 7) is 0.725. The zero-order chi connectivity index (χ0) is 18.5. The molecule has 0 spiro atoms. The Bertz CT molecular complexity index is 812. The molecule has 1 saturated carbocycles. The van der Waals surface area contributed by atoms with E-state index in [9.17, 15) is 4.79 Å². The molecule has 0 saturated heterocycles. The van der Waals surface area contributed by atoms with Crippen LogP contribution in [0.15, 0.2) is 78.2 Å². The summed E-state index contributed by atoms with van der Waals surface area (Å²) in [7, 11) is 0. The van der Waals surface area contributed by atoms with Crippen molar-refractivity contribution in [1.82, 2.24) is 5.32 Å². The molecule has 3 aromatic rings. The molecule has 1 heterocycles. The average Bonchev–Trinajstić information content (AvgIpc) is 3.41. The number of hydrogen-bond donors (Lipinski definition) is 1. The molecule has 0 radical (unpaired) electrons. The van der Waals surface area contributed by atoms with E-state index < -0.39 is 0 Å². The summed E-state index contributed by atoms with van der Waals surface area (Å²) < 4.78 is 0. The van der Waals surface area contributed by atoms with E-state index in [1.807, 2.05) is 72.0 Å². The van der Waals surface area contributed by atoms with Gasteiger partial charge in [-0.1, -0.05) is 79.6 Å². The van der Waals surface area contributed by atoms with Crippen molar-refractivity contribution in [3.8, 4) is 0 Å². The lowest BCUT2D eigenvalue weighted by molar-refractivity contribution is -0.122. The Hall–Kier alpha value is -2.39. The van der Waals surface area contributed by atoms with Gasteiger partial charge in [0.1, 0.15) is 0 Å². The summed E-state index contributed by atoms with van der Waals surface area (Å²) in [5.74, 6) is -0.176. The van der Waals surface area contributed by atoms with E-state index in [0.717, 1.165) is 30.5 Å². The first-order chi connectivity index (χ1) is 13.3. The summed E-state index contributed by atoms with van der Waals surface area (Å²) in [4.78, 5) is 14.7. The van der Waals surface area contributed by atoms with Gasteiger partial charge in [-0.3, -0.25) is 4.79 Å². The van der Waals surface area contributed by atoms with Gasteiger partial charge in [0.25, 0.3) is 0 Å². The highest BCUT2D eigenvalue weighted by atomic mass is 32.1. The Morgan fingerprint density at radius 3 is 2.00 bits per heavy atom. The van der Waals surface area contributed by atoms with Crippen LogP contribution in [0.4, 0.5) is 0 Å². The molecule has 4 rings (SSSR count). The Labute approximate surface area is 165 Å². The van der Waals surface area contributed by atoms with E-state index in [1.165, 1.54) is 17.7 Å². The van der Waals surface area contributed by atoms with Gasteiger partial charge in [-0.15, -0.1) is 11.3 Å². The maximum atomic E-state index is 13.3. The van der Waals surface area contributed by atoms with Crippen LogP contribution in [-0.2, 0) is 10.2 Å². The predicted octanol–water partition coefficient (Wildman–Crippen LogP) is 5.51. The van der Waals surface area contributed by atoms with Crippen LogP contribution >= 0.6 is 11.3 Å². The van der Waals surface area contributed by atoms with Gasteiger partial charge < -0.3 is 5.32 Å². The Morgan fingerprint density at radius 1 is 0.889 bits per heavy atom. The summed E-state index contributed by atoms with van der Waals surface area (Å²) in [6, 6.07) is 24.5. The van der Waals surface area contributed by atoms with Crippen molar-refractivity contribution in [2.45, 2.75) is 37.0 Å². The van der Waals surface area contributed by atoms with Crippen LogP contribution in [-0.4, -0.2) is 12.5 Å². The van der Waals surface area contributed by atoms with Crippen molar-refractivity contribution in [3.05, 3.63) is 94.2 Å². The fourth-order valence-electron chi connectivity index (χ4n) is 4.29. The lowest BCUT2D eigenvalue weighted by Crippen LogP contribution is -2.40. The van der Waals surface area contributed by atoms with Gasteiger partial charge in [-0.25, -0.2) is 0 Å². The standard InChI is InChI=1S/C24H25NOS/c26-23(25-18-24(15-7-8-16-24)21-14-9-17-27-21)22(19-10-3-1-4-11-19)20-12-5-2-6-13-20/h1-6,9-14,17,22H,7-8,15-16,18H2,(H,25,26). The number of hydrogen-bond acceptors (Lipinski definition) is 2. The first-order valence-corrected chi connectivity index (χ1v) is 10.6. The summed E-state index contributed by atoms with van der Waals surface area (Å²) >= 11 is 1.82. The zero-order valence-electron chi connectivity index (χ0n) is 15.4. The second kappa shape index (κ2) is 8.10. The molecule has 1 fully saturated rings. The number of carbonyl (C=O) groups excluding carboxylic acids is 1. The van der Waals surface area contributed by atoms with Crippen LogP contribution in [0, 0.1) is 0 Å². The third-order valence-corrected chi connectivity index (χ3v) is 6.85. The van der Waals surface area contributed by atoms with Crippen molar-refractivity contribution in [2.24, 2.45) is 0 Å².